The van der Waals surface area contributed by atoms with Gasteiger partial charge in [0.25, 0.3) is 5.91 Å². The minimum Gasteiger partial charge on any atom is -0.345 e. The summed E-state index contributed by atoms with van der Waals surface area (Å²) in [5, 5.41) is 8.16. The molecule has 1 fully saturated rings. The van der Waals surface area contributed by atoms with Crippen LogP contribution in [-0.2, 0) is 0 Å². The highest BCUT2D eigenvalue weighted by Crippen LogP contribution is 2.40. The van der Waals surface area contributed by atoms with Gasteiger partial charge in [0, 0.05) is 11.6 Å². The summed E-state index contributed by atoms with van der Waals surface area (Å²) >= 11 is 0. The first-order valence-electron chi connectivity index (χ1n) is 10.6. The van der Waals surface area contributed by atoms with Gasteiger partial charge in [-0.05, 0) is 43.0 Å². The number of benzene rings is 2. The summed E-state index contributed by atoms with van der Waals surface area (Å²) < 4.78 is 15.9. The predicted molar refractivity (Wildman–Crippen MR) is 118 cm³/mol. The van der Waals surface area contributed by atoms with Crippen molar-refractivity contribution in [2.24, 2.45) is 0 Å². The molecule has 0 bridgehead atoms. The molecule has 4 aromatic rings. The second-order valence-corrected chi connectivity index (χ2v) is 7.96. The summed E-state index contributed by atoms with van der Waals surface area (Å²) in [6.07, 6.45) is 4.47. The zero-order valence-electron chi connectivity index (χ0n) is 17.3. The Labute approximate surface area is 179 Å². The monoisotopic (exact) mass is 414 g/mol. The first-order chi connectivity index (χ1) is 15.2. The van der Waals surface area contributed by atoms with Crippen molar-refractivity contribution in [3.05, 3.63) is 89.5 Å². The summed E-state index contributed by atoms with van der Waals surface area (Å²) in [6.45, 7) is 2.05. The first-order valence-corrected chi connectivity index (χ1v) is 10.6. The highest BCUT2D eigenvalue weighted by atomic mass is 19.1. The van der Waals surface area contributed by atoms with Gasteiger partial charge in [0.05, 0.1) is 23.2 Å². The quantitative estimate of drug-likeness (QED) is 0.465. The topological polar surface area (TPSA) is 59.8 Å². The van der Waals surface area contributed by atoms with Crippen molar-refractivity contribution in [3.63, 3.8) is 0 Å². The van der Waals surface area contributed by atoms with E-state index in [9.17, 15) is 9.18 Å². The van der Waals surface area contributed by atoms with Gasteiger partial charge in [-0.1, -0.05) is 49.4 Å². The third-order valence-corrected chi connectivity index (χ3v) is 5.80. The van der Waals surface area contributed by atoms with Crippen LogP contribution < -0.4 is 5.32 Å². The van der Waals surface area contributed by atoms with Gasteiger partial charge in [-0.25, -0.2) is 14.1 Å². The number of carbonyl (C=O) groups excluding carboxylic acids is 1. The molecule has 1 amide bonds. The zero-order valence-corrected chi connectivity index (χ0v) is 17.3. The van der Waals surface area contributed by atoms with Gasteiger partial charge in [-0.2, -0.15) is 5.10 Å². The van der Waals surface area contributed by atoms with Crippen LogP contribution in [0, 0.1) is 5.82 Å². The van der Waals surface area contributed by atoms with E-state index in [0.29, 0.717) is 28.2 Å². The number of carbonyl (C=O) groups is 1. The van der Waals surface area contributed by atoms with Crippen LogP contribution in [0.1, 0.15) is 59.8 Å². The van der Waals surface area contributed by atoms with Crippen LogP contribution in [0.15, 0.2) is 66.9 Å². The number of amides is 1. The second kappa shape index (κ2) is 7.95. The smallest absolute Gasteiger partial charge is 0.252 e. The molecular formula is C25H23FN4O. The summed E-state index contributed by atoms with van der Waals surface area (Å²) in [5.74, 6) is -0.207. The van der Waals surface area contributed by atoms with E-state index in [2.05, 4.69) is 10.4 Å². The van der Waals surface area contributed by atoms with E-state index in [4.69, 9.17) is 4.98 Å². The summed E-state index contributed by atoms with van der Waals surface area (Å²) in [4.78, 5) is 18.1. The molecular weight excluding hydrogens is 391 g/mol. The van der Waals surface area contributed by atoms with E-state index in [1.807, 2.05) is 43.3 Å². The summed E-state index contributed by atoms with van der Waals surface area (Å²) in [7, 11) is 0. The van der Waals surface area contributed by atoms with E-state index < -0.39 is 0 Å². The Morgan fingerprint density at radius 3 is 2.61 bits per heavy atom. The van der Waals surface area contributed by atoms with Crippen LogP contribution in [0.3, 0.4) is 0 Å². The van der Waals surface area contributed by atoms with Crippen molar-refractivity contribution in [2.75, 3.05) is 0 Å². The van der Waals surface area contributed by atoms with E-state index in [-0.39, 0.29) is 17.8 Å². The average Bonchev–Trinajstić information content (AvgIpc) is 3.57. The van der Waals surface area contributed by atoms with Gasteiger partial charge in [-0.15, -0.1) is 0 Å². The number of hydrogen-bond acceptors (Lipinski definition) is 3. The van der Waals surface area contributed by atoms with E-state index in [1.165, 1.54) is 10.7 Å². The van der Waals surface area contributed by atoms with Crippen LogP contribution in [0.2, 0.25) is 0 Å². The highest BCUT2D eigenvalue weighted by molar-refractivity contribution is 6.06. The summed E-state index contributed by atoms with van der Waals surface area (Å²) in [5.41, 5.74) is 3.29. The number of fused-ring (bicyclic) bond motifs is 1. The maximum Gasteiger partial charge on any atom is 0.252 e. The lowest BCUT2D eigenvalue weighted by Crippen LogP contribution is -2.28. The molecule has 2 aromatic carbocycles. The largest absolute Gasteiger partial charge is 0.345 e. The van der Waals surface area contributed by atoms with Gasteiger partial charge in [0.2, 0.25) is 0 Å². The predicted octanol–water partition coefficient (Wildman–Crippen LogP) is 5.32. The molecule has 0 unspecified atom stereocenters. The number of nitrogens with one attached hydrogen (secondary N) is 1. The molecule has 31 heavy (non-hydrogen) atoms. The fourth-order valence-corrected chi connectivity index (χ4v) is 3.94. The van der Waals surface area contributed by atoms with E-state index in [0.717, 1.165) is 30.5 Å². The number of hydrogen-bond donors (Lipinski definition) is 1. The Morgan fingerprint density at radius 1 is 1.16 bits per heavy atom. The molecule has 1 atom stereocenters. The number of para-hydroxylation sites is 1. The van der Waals surface area contributed by atoms with Gasteiger partial charge in [-0.3, -0.25) is 4.79 Å². The van der Waals surface area contributed by atoms with E-state index in [1.54, 1.807) is 24.4 Å². The molecule has 2 heterocycles. The lowest BCUT2D eigenvalue weighted by molar-refractivity contribution is 0.0937. The molecule has 2 aromatic heterocycles. The lowest BCUT2D eigenvalue weighted by Gasteiger charge is -2.18. The molecule has 5 nitrogen and oxygen atoms in total. The lowest BCUT2D eigenvalue weighted by atomic mass is 10.0. The number of rotatable bonds is 6. The maximum absolute atomic E-state index is 14.4. The first kappa shape index (κ1) is 19.4. The standard InChI is InChI=1S/C25H23FN4O/c1-2-21(16-8-4-3-5-9-16)29-25(31)18-14-22(17-12-13-17)28-24-19(18)15-27-30(24)23-11-7-6-10-20(23)26/h3-11,14-15,17,21H,2,12-13H2,1H3,(H,29,31)/t21-/m0/s1. The van der Waals surface area contributed by atoms with Crippen LogP contribution in [0.25, 0.3) is 16.7 Å². The molecule has 1 saturated carbocycles. The molecule has 1 aliphatic rings. The normalized spacial score (nSPS) is 14.5. The van der Waals surface area contributed by atoms with Crippen molar-refractivity contribution in [2.45, 2.75) is 38.1 Å². The Bertz CT molecular complexity index is 1250. The SMILES string of the molecule is CC[C@H](NC(=O)c1cc(C2CC2)nc2c1cnn2-c1ccccc1F)c1ccccc1. The Kier molecular flexibility index (Phi) is 4.98. The zero-order chi connectivity index (χ0) is 21.4. The molecule has 0 saturated heterocycles. The van der Waals surface area contributed by atoms with Crippen LogP contribution in [0.4, 0.5) is 4.39 Å². The Morgan fingerprint density at radius 2 is 1.90 bits per heavy atom. The van der Waals surface area contributed by atoms with Crippen molar-refractivity contribution in [1.82, 2.24) is 20.1 Å². The number of halogens is 1. The number of aromatic nitrogens is 3. The van der Waals surface area contributed by atoms with Crippen LogP contribution in [-0.4, -0.2) is 20.7 Å². The highest BCUT2D eigenvalue weighted by Gasteiger charge is 2.29. The number of pyridine rings is 1. The fourth-order valence-electron chi connectivity index (χ4n) is 3.94. The molecule has 0 aliphatic heterocycles. The molecule has 156 valence electrons. The van der Waals surface area contributed by atoms with Crippen LogP contribution in [0.5, 0.6) is 0 Å². The van der Waals surface area contributed by atoms with Crippen molar-refractivity contribution < 1.29 is 9.18 Å². The molecule has 5 rings (SSSR count). The minimum absolute atomic E-state index is 0.0945. The molecule has 0 spiro atoms. The maximum atomic E-state index is 14.4. The van der Waals surface area contributed by atoms with Gasteiger partial charge in [0.1, 0.15) is 11.5 Å². The van der Waals surface area contributed by atoms with Crippen molar-refractivity contribution in [1.29, 1.82) is 0 Å². The third-order valence-electron chi connectivity index (χ3n) is 5.80. The van der Waals surface area contributed by atoms with E-state index >= 15 is 0 Å². The second-order valence-electron chi connectivity index (χ2n) is 7.96. The third kappa shape index (κ3) is 3.69. The van der Waals surface area contributed by atoms with Gasteiger partial charge < -0.3 is 5.32 Å². The number of nitrogens with zero attached hydrogens (tertiary/aromatic N) is 3. The molecule has 0 radical (unpaired) electrons. The Balaban J connectivity index is 1.58. The van der Waals surface area contributed by atoms with Gasteiger partial charge in [0.15, 0.2) is 5.65 Å². The minimum atomic E-state index is -0.382. The fraction of sp³-hybridized carbons (Fsp3) is 0.240. The molecule has 6 heteroatoms. The average molecular weight is 414 g/mol. The van der Waals surface area contributed by atoms with Crippen molar-refractivity contribution in [3.8, 4) is 5.69 Å². The van der Waals surface area contributed by atoms with Crippen molar-refractivity contribution >= 4 is 16.9 Å². The van der Waals surface area contributed by atoms with Gasteiger partial charge >= 0.3 is 0 Å². The molecule has 1 N–H and O–H groups in total. The van der Waals surface area contributed by atoms with Crippen LogP contribution >= 0.6 is 0 Å². The molecule has 1 aliphatic carbocycles. The summed E-state index contributed by atoms with van der Waals surface area (Å²) in [6, 6.07) is 18.2. The Hall–Kier alpha value is -3.54.